The Morgan fingerprint density at radius 2 is 0.432 bits per heavy atom. The lowest BCUT2D eigenvalue weighted by Gasteiger charge is -2.26. The zero-order chi connectivity index (χ0) is 96.9. The van der Waals surface area contributed by atoms with Crippen LogP contribution in [0.25, 0.3) is 164 Å². The summed E-state index contributed by atoms with van der Waals surface area (Å²) in [6, 6.07) is 163. The van der Waals surface area contributed by atoms with E-state index in [4.69, 9.17) is 0 Å². The van der Waals surface area contributed by atoms with Crippen molar-refractivity contribution < 1.29 is 0 Å². The maximum absolute atomic E-state index is 4.65. The van der Waals surface area contributed by atoms with Gasteiger partial charge in [-0.25, -0.2) is 0 Å². The molecule has 10 heteroatoms. The van der Waals surface area contributed by atoms with E-state index in [9.17, 15) is 0 Å². The normalized spacial score (nSPS) is 12.5. The second kappa shape index (κ2) is 34.8. The number of anilines is 12. The topological polar surface area (TPSA) is 58.5 Å². The molecule has 0 bridgehead atoms. The van der Waals surface area contributed by atoms with E-state index in [1.807, 2.05) is 36.9 Å². The largest absolute Gasteiger partial charge is 0.344 e. The number of hydrogen-bond acceptors (Lipinski definition) is 6. The Balaban J connectivity index is 0.413. The van der Waals surface area contributed by atoms with E-state index in [0.717, 1.165) is 123 Å². The minimum absolute atomic E-state index is 0.898. The van der Waals surface area contributed by atoms with Gasteiger partial charge in [0.25, 0.3) is 0 Å². The highest BCUT2D eigenvalue weighted by atomic mass is 15.2. The number of aromatic nitrogens is 6. The molecule has 0 saturated heterocycles. The number of rotatable bonds is 17. The van der Waals surface area contributed by atoms with Gasteiger partial charge >= 0.3 is 0 Å². The second-order valence-corrected chi connectivity index (χ2v) is 39.8. The number of fused-ring (bicyclic) bond motifs is 18. The summed E-state index contributed by atoms with van der Waals surface area (Å²) in [5, 5.41) is 15.2. The van der Waals surface area contributed by atoms with Gasteiger partial charge in [-0.05, 0) is 379 Å². The molecular formula is C136H100N10. The van der Waals surface area contributed by atoms with E-state index >= 15 is 0 Å². The number of para-hydroxylation sites is 3. The highest BCUT2D eigenvalue weighted by Crippen LogP contribution is 2.49. The van der Waals surface area contributed by atoms with Gasteiger partial charge in [-0.2, -0.15) is 0 Å². The van der Waals surface area contributed by atoms with Crippen molar-refractivity contribution in [3.05, 3.63) is 506 Å². The van der Waals surface area contributed by atoms with Gasteiger partial charge in [0, 0.05) is 185 Å². The van der Waals surface area contributed by atoms with Crippen LogP contribution in [0.5, 0.6) is 0 Å². The van der Waals surface area contributed by atoms with E-state index in [0.29, 0.717) is 0 Å². The maximum atomic E-state index is 4.65. The average Bonchev–Trinajstić information content (AvgIpc) is 1.59. The Kier molecular flexibility index (Phi) is 20.4. The number of benzene rings is 20. The molecule has 6 heterocycles. The van der Waals surface area contributed by atoms with Gasteiger partial charge < -0.3 is 37.9 Å². The number of nitrogens with zero attached hydrogens (tertiary/aromatic N) is 10. The fraction of sp³-hybridized carbons (Fsp3) is 0.0735. The van der Waals surface area contributed by atoms with Crippen LogP contribution in [-0.2, 0) is 66.7 Å². The molecule has 694 valence electrons. The lowest BCUT2D eigenvalue weighted by atomic mass is 9.96. The zero-order valence-corrected chi connectivity index (χ0v) is 81.6. The standard InChI is InChI=1S/C136H100N10/c1-139-129-77-94(88-35-50-110(51-36-88)143(107-22-8-5-9-23-107)115-60-43-87-19-14-15-20-93(87)71-115)46-62-121(129)125-73-103-69-104-74-126-122-63-47-95(78-130(122)140(2)134(126)82-99(104)32-31-98(103)81-133(125)139)89-37-52-111(53-38-89)144(108-24-10-6-11-25-108)116-61-66-120-102(72-116)21-16-30-119(120)92-44-58-114(59-45-92)146(118-29-18-68-138-86-118)113-56-41-91(42-57-113)97-49-65-124-128-76-106-70-105-75-127-123-64-48-96(90-39-54-112(55-40-90)145(109-26-12-7-13-27-109)117-28-17-67-137-85-117)79-131(123)141(3)135(127)83-100(105)33-34-101(106)84-136(128)142(4)132(124)80-97/h5-30,35-68,71-86H,31-34,69-70H2,1-4H3. The van der Waals surface area contributed by atoms with Crippen molar-refractivity contribution in [3.63, 3.8) is 0 Å². The predicted octanol–water partition coefficient (Wildman–Crippen LogP) is 35.0. The Hall–Kier alpha value is -18.4. The van der Waals surface area contributed by atoms with Crippen LogP contribution in [0, 0.1) is 0 Å². The van der Waals surface area contributed by atoms with Crippen LogP contribution in [0.2, 0.25) is 0 Å². The van der Waals surface area contributed by atoms with Crippen LogP contribution in [-0.4, -0.2) is 28.2 Å². The van der Waals surface area contributed by atoms with Gasteiger partial charge in [0.1, 0.15) is 0 Å². The highest BCUT2D eigenvalue weighted by molar-refractivity contribution is 6.14. The number of pyridine rings is 2. The van der Waals surface area contributed by atoms with Crippen molar-refractivity contribution in [1.29, 1.82) is 0 Å². The summed E-state index contributed by atoms with van der Waals surface area (Å²) in [7, 11) is 8.97. The SMILES string of the molecule is Cn1c2cc(-c3ccc(N(c4ccccc4)c4cccnc4)cc3)ccc2c2cc3c(cc21)CCc1cc2c(cc1C3)c1ccc(-c3ccc(N(c4ccc(-c5cccc6cc(N(c7ccccc7)c7ccc(-c8ccc9c%10cc%11c(cc%10n(C)c9c8)CCc8cc9c(cc8C%11)c8ccc(-c%10ccc(N(c%11ccccc%11)c%11ccc%12ccccc%12c%11)cc%10)cc8n9C)cc7)ccc56)cc4)c4cccnc4)cc3)cc1n2C. The van der Waals surface area contributed by atoms with Crippen molar-refractivity contribution in [3.8, 4) is 55.6 Å². The third-order valence-electron chi connectivity index (χ3n) is 31.6. The Labute approximate surface area is 847 Å². The van der Waals surface area contributed by atoms with Crippen LogP contribution < -0.4 is 19.6 Å². The zero-order valence-electron chi connectivity index (χ0n) is 81.6. The van der Waals surface area contributed by atoms with Crippen LogP contribution in [0.15, 0.2) is 462 Å². The molecule has 146 heavy (non-hydrogen) atoms. The van der Waals surface area contributed by atoms with Gasteiger partial charge in [0.15, 0.2) is 0 Å². The molecule has 28 rings (SSSR count). The summed E-state index contributed by atoms with van der Waals surface area (Å²) in [6.45, 7) is 0. The number of aryl methyl sites for hydroxylation is 8. The van der Waals surface area contributed by atoms with E-state index in [2.05, 4.69) is 501 Å². The van der Waals surface area contributed by atoms with Gasteiger partial charge in [-0.3, -0.25) is 9.97 Å². The Morgan fingerprint density at radius 1 is 0.171 bits per heavy atom. The smallest absolute Gasteiger partial charge is 0.0644 e. The van der Waals surface area contributed by atoms with Crippen molar-refractivity contribution in [2.45, 2.75) is 38.5 Å². The third-order valence-corrected chi connectivity index (χ3v) is 31.6. The first-order chi connectivity index (χ1) is 72.0. The van der Waals surface area contributed by atoms with Crippen LogP contribution in [0.3, 0.4) is 0 Å². The molecule has 20 aromatic carbocycles. The summed E-state index contributed by atoms with van der Waals surface area (Å²) in [6.07, 6.45) is 13.3. The van der Waals surface area contributed by atoms with Gasteiger partial charge in [-0.1, -0.05) is 218 Å². The summed E-state index contributed by atoms with van der Waals surface area (Å²) in [5.41, 5.74) is 46.2. The monoisotopic (exact) mass is 1870 g/mol. The van der Waals surface area contributed by atoms with Crippen LogP contribution in [0.4, 0.5) is 68.2 Å². The fourth-order valence-electron chi connectivity index (χ4n) is 24.1. The molecule has 0 unspecified atom stereocenters. The Morgan fingerprint density at radius 3 is 0.767 bits per heavy atom. The molecule has 2 aliphatic carbocycles. The first-order valence-electron chi connectivity index (χ1n) is 50.8. The predicted molar refractivity (Wildman–Crippen MR) is 612 cm³/mol. The molecule has 0 saturated carbocycles. The van der Waals surface area contributed by atoms with E-state index in [-0.39, 0.29) is 0 Å². The highest BCUT2D eigenvalue weighted by Gasteiger charge is 2.28. The molecule has 26 aromatic rings. The van der Waals surface area contributed by atoms with Crippen molar-refractivity contribution in [1.82, 2.24) is 28.2 Å². The summed E-state index contributed by atoms with van der Waals surface area (Å²) < 4.78 is 9.65. The van der Waals surface area contributed by atoms with Gasteiger partial charge in [-0.15, -0.1) is 0 Å². The quantitative estimate of drug-likeness (QED) is 0.0905. The molecule has 0 atom stereocenters. The molecule has 0 aliphatic heterocycles. The molecular weight excluding hydrogens is 1770 g/mol. The minimum atomic E-state index is 0.898. The van der Waals surface area contributed by atoms with E-state index in [1.165, 1.54) is 192 Å². The molecule has 0 spiro atoms. The lowest BCUT2D eigenvalue weighted by Crippen LogP contribution is -2.10. The van der Waals surface area contributed by atoms with Crippen molar-refractivity contribution in [2.24, 2.45) is 28.2 Å². The van der Waals surface area contributed by atoms with E-state index < -0.39 is 0 Å². The fourth-order valence-corrected chi connectivity index (χ4v) is 24.1. The Bertz CT molecular complexity index is 9650. The van der Waals surface area contributed by atoms with Crippen molar-refractivity contribution in [2.75, 3.05) is 19.6 Å². The second-order valence-electron chi connectivity index (χ2n) is 39.8. The maximum Gasteiger partial charge on any atom is 0.0644 e. The molecule has 2 aliphatic rings. The van der Waals surface area contributed by atoms with Crippen LogP contribution >= 0.6 is 0 Å². The first kappa shape index (κ1) is 85.6. The minimum Gasteiger partial charge on any atom is -0.344 e. The molecule has 6 aromatic heterocycles. The average molecular weight is 1870 g/mol. The third kappa shape index (κ3) is 14.7. The summed E-state index contributed by atoms with van der Waals surface area (Å²) in [4.78, 5) is 18.4. The molecule has 0 radical (unpaired) electrons. The summed E-state index contributed by atoms with van der Waals surface area (Å²) >= 11 is 0. The molecule has 0 fully saturated rings. The van der Waals surface area contributed by atoms with Gasteiger partial charge in [0.05, 0.1) is 23.8 Å². The molecule has 0 N–H and O–H groups in total. The lowest BCUT2D eigenvalue weighted by molar-refractivity contribution is 0.957. The number of hydrogen-bond donors (Lipinski definition) is 0. The molecule has 10 nitrogen and oxygen atoms in total. The summed E-state index contributed by atoms with van der Waals surface area (Å²) in [5.74, 6) is 0. The first-order valence-corrected chi connectivity index (χ1v) is 50.8. The van der Waals surface area contributed by atoms with E-state index in [1.54, 1.807) is 0 Å². The van der Waals surface area contributed by atoms with Gasteiger partial charge in [0.2, 0.25) is 0 Å². The van der Waals surface area contributed by atoms with Crippen LogP contribution in [0.1, 0.15) is 44.5 Å². The van der Waals surface area contributed by atoms with Crippen molar-refractivity contribution >= 4 is 177 Å². The molecule has 0 amide bonds.